The number of nitro groups is 1. The molecule has 0 aliphatic rings. The standard InChI is InChI=1S/C13H9F2N3O3/c14-10-3-1-7(5-11(10)15)17-13(19)9-6-8(18(20)21)2-4-12(9)16/h1-6H,16H2,(H,17,19). The van der Waals surface area contributed by atoms with Crippen LogP contribution in [-0.4, -0.2) is 10.8 Å². The zero-order chi connectivity index (χ0) is 15.6. The van der Waals surface area contributed by atoms with Crippen molar-refractivity contribution < 1.29 is 18.5 Å². The van der Waals surface area contributed by atoms with E-state index in [4.69, 9.17) is 5.73 Å². The molecule has 21 heavy (non-hydrogen) atoms. The molecule has 2 rings (SSSR count). The fourth-order valence-electron chi connectivity index (χ4n) is 1.63. The molecular formula is C13H9F2N3O3. The van der Waals surface area contributed by atoms with Crippen LogP contribution in [0.2, 0.25) is 0 Å². The number of anilines is 2. The Morgan fingerprint density at radius 3 is 2.48 bits per heavy atom. The third-order valence-electron chi connectivity index (χ3n) is 2.67. The molecule has 6 nitrogen and oxygen atoms in total. The summed E-state index contributed by atoms with van der Waals surface area (Å²) in [5, 5.41) is 13.0. The number of amides is 1. The number of carbonyl (C=O) groups excluding carboxylic acids is 1. The molecule has 2 aromatic rings. The summed E-state index contributed by atoms with van der Waals surface area (Å²) in [6.07, 6.45) is 0. The second kappa shape index (κ2) is 5.53. The molecule has 0 unspecified atom stereocenters. The van der Waals surface area contributed by atoms with Crippen molar-refractivity contribution in [1.29, 1.82) is 0 Å². The molecule has 0 bridgehead atoms. The second-order valence-electron chi connectivity index (χ2n) is 4.11. The Morgan fingerprint density at radius 2 is 1.86 bits per heavy atom. The summed E-state index contributed by atoms with van der Waals surface area (Å²) < 4.78 is 25.8. The first kappa shape index (κ1) is 14.4. The van der Waals surface area contributed by atoms with E-state index in [1.54, 1.807) is 0 Å². The second-order valence-corrected chi connectivity index (χ2v) is 4.11. The summed E-state index contributed by atoms with van der Waals surface area (Å²) in [4.78, 5) is 22.0. The van der Waals surface area contributed by atoms with Crippen LogP contribution >= 0.6 is 0 Å². The van der Waals surface area contributed by atoms with Crippen molar-refractivity contribution in [2.24, 2.45) is 0 Å². The predicted molar refractivity (Wildman–Crippen MR) is 71.8 cm³/mol. The molecule has 1 amide bonds. The van der Waals surface area contributed by atoms with Crippen LogP contribution in [0, 0.1) is 21.7 Å². The Morgan fingerprint density at radius 1 is 1.14 bits per heavy atom. The lowest BCUT2D eigenvalue weighted by atomic mass is 10.1. The van der Waals surface area contributed by atoms with Crippen LogP contribution in [0.4, 0.5) is 25.8 Å². The van der Waals surface area contributed by atoms with E-state index in [0.29, 0.717) is 0 Å². The van der Waals surface area contributed by atoms with Crippen LogP contribution in [-0.2, 0) is 0 Å². The molecule has 3 N–H and O–H groups in total. The van der Waals surface area contributed by atoms with Gasteiger partial charge in [-0.1, -0.05) is 0 Å². The largest absolute Gasteiger partial charge is 0.398 e. The summed E-state index contributed by atoms with van der Waals surface area (Å²) in [6, 6.07) is 6.18. The SMILES string of the molecule is Nc1ccc([N+](=O)[O-])cc1C(=O)Nc1ccc(F)c(F)c1. The number of rotatable bonds is 3. The summed E-state index contributed by atoms with van der Waals surface area (Å²) in [7, 11) is 0. The highest BCUT2D eigenvalue weighted by atomic mass is 19.2. The Balaban J connectivity index is 2.29. The number of non-ortho nitro benzene ring substituents is 1. The van der Waals surface area contributed by atoms with Crippen LogP contribution in [0.3, 0.4) is 0 Å². The van der Waals surface area contributed by atoms with Gasteiger partial charge in [-0.15, -0.1) is 0 Å². The first-order valence-corrected chi connectivity index (χ1v) is 5.69. The molecule has 2 aromatic carbocycles. The van der Waals surface area contributed by atoms with E-state index in [0.717, 1.165) is 30.3 Å². The average molecular weight is 293 g/mol. The van der Waals surface area contributed by atoms with Gasteiger partial charge in [0.05, 0.1) is 10.5 Å². The number of hydrogen-bond acceptors (Lipinski definition) is 4. The molecule has 0 spiro atoms. The molecule has 0 radical (unpaired) electrons. The molecule has 0 atom stereocenters. The number of nitrogens with one attached hydrogen (secondary N) is 1. The fourth-order valence-corrected chi connectivity index (χ4v) is 1.63. The maximum Gasteiger partial charge on any atom is 0.270 e. The highest BCUT2D eigenvalue weighted by Crippen LogP contribution is 2.21. The van der Waals surface area contributed by atoms with Gasteiger partial charge in [0.1, 0.15) is 0 Å². The Hall–Kier alpha value is -3.03. The molecule has 0 fully saturated rings. The number of benzene rings is 2. The summed E-state index contributed by atoms with van der Waals surface area (Å²) in [5.74, 6) is -2.94. The first-order valence-electron chi connectivity index (χ1n) is 5.69. The van der Waals surface area contributed by atoms with E-state index in [1.165, 1.54) is 6.07 Å². The van der Waals surface area contributed by atoms with Gasteiger partial charge in [-0.25, -0.2) is 8.78 Å². The number of carbonyl (C=O) groups is 1. The van der Waals surface area contributed by atoms with E-state index in [2.05, 4.69) is 5.32 Å². The number of nitrogens with zero attached hydrogens (tertiary/aromatic N) is 1. The van der Waals surface area contributed by atoms with Gasteiger partial charge < -0.3 is 11.1 Å². The Bertz CT molecular complexity index is 735. The monoisotopic (exact) mass is 293 g/mol. The van der Waals surface area contributed by atoms with Crippen LogP contribution in [0.15, 0.2) is 36.4 Å². The normalized spacial score (nSPS) is 10.2. The zero-order valence-electron chi connectivity index (χ0n) is 10.5. The van der Waals surface area contributed by atoms with Gasteiger partial charge in [0, 0.05) is 29.6 Å². The Kier molecular flexibility index (Phi) is 3.79. The number of halogens is 2. The predicted octanol–water partition coefficient (Wildman–Crippen LogP) is 2.71. The maximum absolute atomic E-state index is 13.0. The molecule has 0 heterocycles. The lowest BCUT2D eigenvalue weighted by Gasteiger charge is -2.07. The lowest BCUT2D eigenvalue weighted by molar-refractivity contribution is -0.384. The minimum absolute atomic E-state index is 0.00445. The quantitative estimate of drug-likeness (QED) is 0.516. The molecule has 0 aromatic heterocycles. The van der Waals surface area contributed by atoms with Gasteiger partial charge in [-0.05, 0) is 18.2 Å². The zero-order valence-corrected chi connectivity index (χ0v) is 10.5. The van der Waals surface area contributed by atoms with Crippen LogP contribution in [0.5, 0.6) is 0 Å². The minimum Gasteiger partial charge on any atom is -0.398 e. The number of nitrogens with two attached hydrogens (primary N) is 1. The smallest absolute Gasteiger partial charge is 0.270 e. The first-order chi connectivity index (χ1) is 9.88. The van der Waals surface area contributed by atoms with Crippen molar-refractivity contribution in [3.63, 3.8) is 0 Å². The highest BCUT2D eigenvalue weighted by Gasteiger charge is 2.16. The molecule has 108 valence electrons. The van der Waals surface area contributed by atoms with Gasteiger partial charge in [0.25, 0.3) is 11.6 Å². The summed E-state index contributed by atoms with van der Waals surface area (Å²) >= 11 is 0. The number of nitrogen functional groups attached to an aromatic ring is 1. The molecule has 0 aliphatic carbocycles. The topological polar surface area (TPSA) is 98.3 Å². The van der Waals surface area contributed by atoms with E-state index in [-0.39, 0.29) is 22.6 Å². The van der Waals surface area contributed by atoms with Gasteiger partial charge in [-0.2, -0.15) is 0 Å². The van der Waals surface area contributed by atoms with Crippen molar-refractivity contribution in [2.45, 2.75) is 0 Å². The van der Waals surface area contributed by atoms with Crippen LogP contribution in [0.1, 0.15) is 10.4 Å². The van der Waals surface area contributed by atoms with Gasteiger partial charge in [-0.3, -0.25) is 14.9 Å². The van der Waals surface area contributed by atoms with Gasteiger partial charge in [0.15, 0.2) is 11.6 Å². The molecule has 0 saturated carbocycles. The third kappa shape index (κ3) is 3.11. The molecule has 8 heteroatoms. The van der Waals surface area contributed by atoms with Gasteiger partial charge in [0.2, 0.25) is 0 Å². The Labute approximate surface area is 117 Å². The van der Waals surface area contributed by atoms with Crippen molar-refractivity contribution in [3.05, 3.63) is 63.7 Å². The van der Waals surface area contributed by atoms with Crippen LogP contribution in [0.25, 0.3) is 0 Å². The van der Waals surface area contributed by atoms with E-state index >= 15 is 0 Å². The molecule has 0 aliphatic heterocycles. The van der Waals surface area contributed by atoms with Crippen molar-refractivity contribution in [1.82, 2.24) is 0 Å². The number of hydrogen-bond donors (Lipinski definition) is 2. The number of nitro benzene ring substituents is 1. The molecular weight excluding hydrogens is 284 g/mol. The summed E-state index contributed by atoms with van der Waals surface area (Å²) in [6.45, 7) is 0. The maximum atomic E-state index is 13.0. The van der Waals surface area contributed by atoms with Crippen LogP contribution < -0.4 is 11.1 Å². The van der Waals surface area contributed by atoms with E-state index in [1.807, 2.05) is 0 Å². The van der Waals surface area contributed by atoms with Crippen molar-refractivity contribution >= 4 is 23.0 Å². The van der Waals surface area contributed by atoms with Crippen molar-refractivity contribution in [2.75, 3.05) is 11.1 Å². The van der Waals surface area contributed by atoms with Crippen molar-refractivity contribution in [3.8, 4) is 0 Å². The fraction of sp³-hybridized carbons (Fsp3) is 0. The molecule has 0 saturated heterocycles. The van der Waals surface area contributed by atoms with E-state index < -0.39 is 22.5 Å². The lowest BCUT2D eigenvalue weighted by Crippen LogP contribution is -2.14. The highest BCUT2D eigenvalue weighted by molar-refractivity contribution is 6.08. The minimum atomic E-state index is -1.13. The third-order valence-corrected chi connectivity index (χ3v) is 2.67. The summed E-state index contributed by atoms with van der Waals surface area (Å²) in [5.41, 5.74) is 5.18. The van der Waals surface area contributed by atoms with E-state index in [9.17, 15) is 23.7 Å². The van der Waals surface area contributed by atoms with Gasteiger partial charge >= 0.3 is 0 Å². The average Bonchev–Trinajstić information content (AvgIpc) is 2.43.